The maximum Gasteiger partial charge on any atom is 0.251 e. The number of nitrogen functional groups attached to an aromatic ring is 1. The Hall–Kier alpha value is -3.16. The van der Waals surface area contributed by atoms with Gasteiger partial charge in [-0.1, -0.05) is 26.0 Å². The van der Waals surface area contributed by atoms with Gasteiger partial charge < -0.3 is 11.1 Å². The van der Waals surface area contributed by atoms with Gasteiger partial charge in [0.15, 0.2) is 0 Å². The summed E-state index contributed by atoms with van der Waals surface area (Å²) in [6.07, 6.45) is 3.97. The molecule has 0 saturated carbocycles. The van der Waals surface area contributed by atoms with Gasteiger partial charge in [0.05, 0.1) is 12.2 Å². The van der Waals surface area contributed by atoms with Crippen molar-refractivity contribution in [2.24, 2.45) is 20.0 Å². The second-order valence-corrected chi connectivity index (χ2v) is 7.05. The first-order chi connectivity index (χ1) is 12.9. The third kappa shape index (κ3) is 3.99. The molecule has 0 aliphatic heterocycles. The lowest BCUT2D eigenvalue weighted by atomic mass is 10.0. The maximum absolute atomic E-state index is 12.9. The molecule has 2 heterocycles. The number of nitrogens with zero attached hydrogens (tertiary/aromatic N) is 5. The van der Waals surface area contributed by atoms with Gasteiger partial charge in [-0.2, -0.15) is 10.2 Å². The molecule has 1 atom stereocenters. The van der Waals surface area contributed by atoms with E-state index >= 15 is 0 Å². The number of amides is 1. The highest BCUT2D eigenvalue weighted by Crippen LogP contribution is 2.26. The Balaban J connectivity index is 1.85. The molecule has 27 heavy (non-hydrogen) atoms. The number of nitrogens with two attached hydrogens (primary N) is 1. The van der Waals surface area contributed by atoms with Gasteiger partial charge in [0.25, 0.3) is 5.91 Å². The van der Waals surface area contributed by atoms with Gasteiger partial charge in [0.1, 0.15) is 18.0 Å². The average Bonchev–Trinajstić information content (AvgIpc) is 3.20. The van der Waals surface area contributed by atoms with E-state index in [4.69, 9.17) is 5.73 Å². The van der Waals surface area contributed by atoms with E-state index in [1.165, 1.54) is 6.33 Å². The average molecular weight is 367 g/mol. The van der Waals surface area contributed by atoms with Crippen LogP contribution >= 0.6 is 0 Å². The molecule has 8 nitrogen and oxygen atoms in total. The van der Waals surface area contributed by atoms with Crippen molar-refractivity contribution in [3.8, 4) is 11.1 Å². The van der Waals surface area contributed by atoms with Gasteiger partial charge in [0, 0.05) is 25.2 Å². The Labute approximate surface area is 158 Å². The first kappa shape index (κ1) is 18.6. The SMILES string of the molecule is CC(C)CC(NC(=O)c1cccc(-c2cnn(C)c2N)c1)c1ncnn1C. The van der Waals surface area contributed by atoms with Crippen LogP contribution in [0.3, 0.4) is 0 Å². The molecule has 142 valence electrons. The molecule has 1 amide bonds. The van der Waals surface area contributed by atoms with E-state index in [1.54, 1.807) is 28.7 Å². The van der Waals surface area contributed by atoms with Gasteiger partial charge in [-0.05, 0) is 30.0 Å². The molecule has 8 heteroatoms. The van der Waals surface area contributed by atoms with Crippen molar-refractivity contribution >= 4 is 11.7 Å². The van der Waals surface area contributed by atoms with Crippen LogP contribution in [-0.2, 0) is 14.1 Å². The van der Waals surface area contributed by atoms with Crippen molar-refractivity contribution < 1.29 is 4.79 Å². The maximum atomic E-state index is 12.9. The molecule has 0 spiro atoms. The predicted octanol–water partition coefficient (Wildman–Crippen LogP) is 2.31. The number of aryl methyl sites for hydroxylation is 2. The van der Waals surface area contributed by atoms with E-state index in [1.807, 2.05) is 25.2 Å². The molecule has 0 fully saturated rings. The van der Waals surface area contributed by atoms with E-state index in [-0.39, 0.29) is 11.9 Å². The number of hydrogen-bond donors (Lipinski definition) is 2. The highest BCUT2D eigenvalue weighted by molar-refractivity contribution is 5.96. The molecular formula is C19H25N7O. The number of anilines is 1. The molecule has 3 rings (SSSR count). The third-order valence-corrected chi connectivity index (χ3v) is 4.49. The van der Waals surface area contributed by atoms with Crippen LogP contribution in [0.15, 0.2) is 36.8 Å². The van der Waals surface area contributed by atoms with Crippen molar-refractivity contribution in [3.63, 3.8) is 0 Å². The third-order valence-electron chi connectivity index (χ3n) is 4.49. The quantitative estimate of drug-likeness (QED) is 0.696. The smallest absolute Gasteiger partial charge is 0.251 e. The molecular weight excluding hydrogens is 342 g/mol. The molecule has 3 N–H and O–H groups in total. The normalized spacial score (nSPS) is 12.3. The van der Waals surface area contributed by atoms with Crippen molar-refractivity contribution in [2.45, 2.75) is 26.3 Å². The summed E-state index contributed by atoms with van der Waals surface area (Å²) in [6, 6.07) is 7.16. The number of carbonyl (C=O) groups is 1. The molecule has 1 unspecified atom stereocenters. The largest absolute Gasteiger partial charge is 0.383 e. The fourth-order valence-electron chi connectivity index (χ4n) is 3.06. The summed E-state index contributed by atoms with van der Waals surface area (Å²) in [6.45, 7) is 4.22. The summed E-state index contributed by atoms with van der Waals surface area (Å²) < 4.78 is 3.30. The Morgan fingerprint density at radius 1 is 1.22 bits per heavy atom. The van der Waals surface area contributed by atoms with Crippen molar-refractivity contribution in [3.05, 3.63) is 48.2 Å². The van der Waals surface area contributed by atoms with Crippen molar-refractivity contribution in [2.75, 3.05) is 5.73 Å². The monoisotopic (exact) mass is 367 g/mol. The summed E-state index contributed by atoms with van der Waals surface area (Å²) in [4.78, 5) is 17.2. The van der Waals surface area contributed by atoms with E-state index < -0.39 is 0 Å². The van der Waals surface area contributed by atoms with Gasteiger partial charge in [-0.3, -0.25) is 14.2 Å². The molecule has 3 aromatic rings. The first-order valence-corrected chi connectivity index (χ1v) is 8.89. The van der Waals surface area contributed by atoms with Gasteiger partial charge in [-0.15, -0.1) is 0 Å². The van der Waals surface area contributed by atoms with E-state index in [2.05, 4.69) is 34.3 Å². The first-order valence-electron chi connectivity index (χ1n) is 8.89. The zero-order chi connectivity index (χ0) is 19.6. The number of benzene rings is 1. The predicted molar refractivity (Wildman–Crippen MR) is 104 cm³/mol. The second kappa shape index (κ2) is 7.61. The van der Waals surface area contributed by atoms with Crippen molar-refractivity contribution in [1.29, 1.82) is 0 Å². The van der Waals surface area contributed by atoms with Crippen LogP contribution < -0.4 is 11.1 Å². The molecule has 0 radical (unpaired) electrons. The van der Waals surface area contributed by atoms with E-state index in [0.717, 1.165) is 23.4 Å². The number of hydrogen-bond acceptors (Lipinski definition) is 5. The standard InChI is InChI=1S/C19H25N7O/c1-12(2)8-16(18-21-11-23-26(18)4)24-19(27)14-7-5-6-13(9-14)15-10-22-25(3)17(15)20/h5-7,9-12,16H,8,20H2,1-4H3,(H,24,27). The van der Waals surface area contributed by atoms with Gasteiger partial charge in [0.2, 0.25) is 0 Å². The molecule has 0 bridgehead atoms. The fraction of sp³-hybridized carbons (Fsp3) is 0.368. The van der Waals surface area contributed by atoms with E-state index in [0.29, 0.717) is 17.3 Å². The fourth-order valence-corrected chi connectivity index (χ4v) is 3.06. The molecule has 1 aromatic carbocycles. The van der Waals surface area contributed by atoms with Crippen LogP contribution in [0.4, 0.5) is 5.82 Å². The summed E-state index contributed by atoms with van der Waals surface area (Å²) in [5.74, 6) is 1.54. The van der Waals surface area contributed by atoms with Crippen molar-refractivity contribution in [1.82, 2.24) is 29.9 Å². The number of nitrogens with one attached hydrogen (secondary N) is 1. The second-order valence-electron chi connectivity index (χ2n) is 7.05. The Bertz CT molecular complexity index is 941. The van der Waals surface area contributed by atoms with Crippen LogP contribution in [0.1, 0.15) is 42.5 Å². The Morgan fingerprint density at radius 3 is 2.59 bits per heavy atom. The summed E-state index contributed by atoms with van der Waals surface area (Å²) in [5.41, 5.74) is 8.28. The lowest BCUT2D eigenvalue weighted by Crippen LogP contribution is -2.31. The van der Waals surface area contributed by atoms with Crippen LogP contribution in [0.5, 0.6) is 0 Å². The minimum atomic E-state index is -0.211. The number of aromatic nitrogens is 5. The van der Waals surface area contributed by atoms with Gasteiger partial charge in [-0.25, -0.2) is 4.98 Å². The topological polar surface area (TPSA) is 104 Å². The lowest BCUT2D eigenvalue weighted by Gasteiger charge is -2.20. The highest BCUT2D eigenvalue weighted by atomic mass is 16.1. The van der Waals surface area contributed by atoms with E-state index in [9.17, 15) is 4.79 Å². The van der Waals surface area contributed by atoms with Crippen LogP contribution in [0, 0.1) is 5.92 Å². The zero-order valence-corrected chi connectivity index (χ0v) is 16.0. The molecule has 2 aromatic heterocycles. The van der Waals surface area contributed by atoms with Crippen LogP contribution in [0.2, 0.25) is 0 Å². The van der Waals surface area contributed by atoms with Gasteiger partial charge >= 0.3 is 0 Å². The zero-order valence-electron chi connectivity index (χ0n) is 16.0. The highest BCUT2D eigenvalue weighted by Gasteiger charge is 2.21. The molecule has 0 saturated heterocycles. The minimum absolute atomic E-state index is 0.159. The summed E-state index contributed by atoms with van der Waals surface area (Å²) in [7, 11) is 3.61. The Morgan fingerprint density at radius 2 is 2.00 bits per heavy atom. The molecule has 0 aliphatic rings. The van der Waals surface area contributed by atoms with Crippen LogP contribution in [0.25, 0.3) is 11.1 Å². The number of rotatable bonds is 6. The summed E-state index contributed by atoms with van der Waals surface area (Å²) in [5, 5.41) is 11.4. The van der Waals surface area contributed by atoms with Crippen LogP contribution in [-0.4, -0.2) is 30.5 Å². The lowest BCUT2D eigenvalue weighted by molar-refractivity contribution is 0.0929. The molecule has 0 aliphatic carbocycles. The summed E-state index contributed by atoms with van der Waals surface area (Å²) >= 11 is 0. The Kier molecular flexibility index (Phi) is 5.25. The number of carbonyl (C=O) groups excluding carboxylic acids is 1. The minimum Gasteiger partial charge on any atom is -0.383 e.